The molecule has 1 N–H and O–H groups in total. The van der Waals surface area contributed by atoms with Crippen molar-refractivity contribution in [3.05, 3.63) is 84.1 Å². The number of aromatic nitrogens is 3. The minimum Gasteiger partial charge on any atom is -0.354 e. The Kier molecular flexibility index (Phi) is 5.28. The van der Waals surface area contributed by atoms with Gasteiger partial charge in [-0.3, -0.25) is 9.59 Å². The number of aryl methyl sites for hydroxylation is 1. The third-order valence-corrected chi connectivity index (χ3v) is 7.22. The third kappa shape index (κ3) is 3.56. The highest BCUT2D eigenvalue weighted by molar-refractivity contribution is 6.02. The van der Waals surface area contributed by atoms with Crippen LogP contribution < -0.4 is 10.2 Å². The molecule has 0 bridgehead atoms. The summed E-state index contributed by atoms with van der Waals surface area (Å²) in [7, 11) is 2.06. The van der Waals surface area contributed by atoms with Gasteiger partial charge < -0.3 is 24.3 Å². The molecule has 8 nitrogen and oxygen atoms in total. The number of hydrogen-bond acceptors (Lipinski definition) is 4. The Morgan fingerprint density at radius 2 is 1.94 bits per heavy atom. The number of imidazole rings is 1. The molecule has 0 fully saturated rings. The zero-order valence-corrected chi connectivity index (χ0v) is 19.7. The van der Waals surface area contributed by atoms with Crippen molar-refractivity contribution in [3.8, 4) is 0 Å². The van der Waals surface area contributed by atoms with E-state index in [0.29, 0.717) is 32.6 Å². The first kappa shape index (κ1) is 21.5. The maximum atomic E-state index is 13.4. The molecule has 0 aliphatic carbocycles. The number of nitrogens with one attached hydrogen (secondary N) is 1. The molecule has 0 saturated heterocycles. The number of amides is 2. The van der Waals surface area contributed by atoms with Crippen molar-refractivity contribution >= 4 is 28.4 Å². The van der Waals surface area contributed by atoms with E-state index >= 15 is 0 Å². The van der Waals surface area contributed by atoms with Crippen molar-refractivity contribution in [3.63, 3.8) is 0 Å². The largest absolute Gasteiger partial charge is 0.354 e. The summed E-state index contributed by atoms with van der Waals surface area (Å²) in [6.07, 6.45) is 6.34. The molecule has 35 heavy (non-hydrogen) atoms. The molecule has 2 amide bonds. The van der Waals surface area contributed by atoms with Crippen LogP contribution in [0.2, 0.25) is 0 Å². The zero-order valence-electron chi connectivity index (χ0n) is 19.7. The first-order chi connectivity index (χ1) is 17.1. The molecule has 2 aliphatic rings. The van der Waals surface area contributed by atoms with Crippen LogP contribution in [0.4, 0.5) is 5.69 Å². The van der Waals surface area contributed by atoms with Crippen molar-refractivity contribution in [1.29, 1.82) is 0 Å². The zero-order chi connectivity index (χ0) is 23.9. The van der Waals surface area contributed by atoms with E-state index in [4.69, 9.17) is 0 Å². The summed E-state index contributed by atoms with van der Waals surface area (Å²) in [5.74, 6) is 0.0890. The lowest BCUT2D eigenvalue weighted by molar-refractivity contribution is -0.121. The van der Waals surface area contributed by atoms with Crippen LogP contribution in [-0.4, -0.2) is 51.0 Å². The summed E-state index contributed by atoms with van der Waals surface area (Å²) in [6, 6.07) is 16.2. The van der Waals surface area contributed by atoms with Gasteiger partial charge >= 0.3 is 0 Å². The lowest BCUT2D eigenvalue weighted by Crippen LogP contribution is -2.51. The van der Waals surface area contributed by atoms with E-state index in [1.54, 1.807) is 12.5 Å². The van der Waals surface area contributed by atoms with Crippen LogP contribution in [0.15, 0.2) is 67.3 Å². The topological polar surface area (TPSA) is 75.4 Å². The summed E-state index contributed by atoms with van der Waals surface area (Å²) in [5.41, 5.74) is 5.20. The van der Waals surface area contributed by atoms with Gasteiger partial charge in [-0.25, -0.2) is 4.98 Å². The van der Waals surface area contributed by atoms with Gasteiger partial charge in [-0.05, 0) is 30.2 Å². The molecule has 4 aromatic rings. The molecular formula is C27H28N6O2. The summed E-state index contributed by atoms with van der Waals surface area (Å²) >= 11 is 0. The van der Waals surface area contributed by atoms with Gasteiger partial charge in [0.15, 0.2) is 0 Å². The minimum absolute atomic E-state index is 0.0164. The number of carbonyl (C=O) groups is 2. The number of anilines is 1. The van der Waals surface area contributed by atoms with Crippen LogP contribution in [-0.2, 0) is 24.3 Å². The maximum Gasteiger partial charge on any atom is 0.257 e. The fourth-order valence-electron chi connectivity index (χ4n) is 5.59. The van der Waals surface area contributed by atoms with E-state index < -0.39 is 0 Å². The Balaban J connectivity index is 1.31. The Hall–Kier alpha value is -4.07. The highest BCUT2D eigenvalue weighted by Gasteiger charge is 2.42. The molecule has 178 valence electrons. The average Bonchev–Trinajstić information content (AvgIpc) is 3.52. The van der Waals surface area contributed by atoms with Crippen LogP contribution in [0.3, 0.4) is 0 Å². The average molecular weight is 469 g/mol. The van der Waals surface area contributed by atoms with Crippen LogP contribution in [0, 0.1) is 0 Å². The molecule has 6 rings (SSSR count). The van der Waals surface area contributed by atoms with E-state index in [1.807, 2.05) is 46.0 Å². The van der Waals surface area contributed by atoms with Crippen LogP contribution in [0.1, 0.15) is 34.2 Å². The van der Waals surface area contributed by atoms with Crippen molar-refractivity contribution in [1.82, 2.24) is 24.3 Å². The molecule has 2 aromatic carbocycles. The van der Waals surface area contributed by atoms with Gasteiger partial charge in [0, 0.05) is 62.9 Å². The van der Waals surface area contributed by atoms with E-state index in [1.165, 1.54) is 10.9 Å². The molecule has 0 radical (unpaired) electrons. The quantitative estimate of drug-likeness (QED) is 0.472. The highest BCUT2D eigenvalue weighted by atomic mass is 16.2. The normalized spacial score (nSPS) is 16.7. The molecule has 0 spiro atoms. The van der Waals surface area contributed by atoms with Gasteiger partial charge in [-0.1, -0.05) is 30.3 Å². The predicted octanol–water partition coefficient (Wildman–Crippen LogP) is 3.19. The molecule has 1 atom stereocenters. The number of hydrogen-bond donors (Lipinski definition) is 1. The maximum absolute atomic E-state index is 13.4. The van der Waals surface area contributed by atoms with Crippen LogP contribution in [0.5, 0.6) is 0 Å². The minimum atomic E-state index is -0.196. The van der Waals surface area contributed by atoms with Gasteiger partial charge in [-0.15, -0.1) is 0 Å². The molecule has 2 aromatic heterocycles. The summed E-state index contributed by atoms with van der Waals surface area (Å²) in [5, 5.41) is 4.23. The van der Waals surface area contributed by atoms with Gasteiger partial charge in [-0.2, -0.15) is 0 Å². The van der Waals surface area contributed by atoms with Crippen molar-refractivity contribution in [2.24, 2.45) is 0 Å². The van der Waals surface area contributed by atoms with Crippen molar-refractivity contribution < 1.29 is 9.59 Å². The standard InChI is InChI=1S/C27H28N6O2/c1-30-22-8-4-3-7-21(22)27(35)33-14-10-20-19-6-2-5-9-23(19)32(25(20)26(30)33)15-11-24(34)29-13-17-31-16-12-28-18-31/h2-9,12,16,18,26H,10-11,13-15,17H2,1H3,(H,29,34). The van der Waals surface area contributed by atoms with Gasteiger partial charge in [0.2, 0.25) is 5.91 Å². The first-order valence-corrected chi connectivity index (χ1v) is 12.1. The van der Waals surface area contributed by atoms with E-state index in [-0.39, 0.29) is 18.0 Å². The fraction of sp³-hybridized carbons (Fsp3) is 0.296. The number of benzene rings is 2. The molecule has 2 aliphatic heterocycles. The lowest BCUT2D eigenvalue weighted by atomic mass is 9.96. The van der Waals surface area contributed by atoms with Gasteiger partial charge in [0.1, 0.15) is 6.17 Å². The number of nitrogens with zero attached hydrogens (tertiary/aromatic N) is 5. The summed E-state index contributed by atoms with van der Waals surface area (Å²) in [4.78, 5) is 34.4. The SMILES string of the molecule is CN1c2ccccc2C(=O)N2CCc3c(n(CCC(=O)NCCn4ccnc4)c4ccccc34)C21. The highest BCUT2D eigenvalue weighted by Crippen LogP contribution is 2.44. The second kappa shape index (κ2) is 8.61. The Labute approximate surface area is 203 Å². The number of fused-ring (bicyclic) bond motifs is 6. The lowest BCUT2D eigenvalue weighted by Gasteiger charge is -2.46. The predicted molar refractivity (Wildman–Crippen MR) is 134 cm³/mol. The smallest absolute Gasteiger partial charge is 0.257 e. The second-order valence-corrected chi connectivity index (χ2v) is 9.18. The molecule has 4 heterocycles. The Bertz CT molecular complexity index is 1410. The number of para-hydroxylation sites is 2. The van der Waals surface area contributed by atoms with Crippen LogP contribution in [0.25, 0.3) is 10.9 Å². The van der Waals surface area contributed by atoms with Gasteiger partial charge in [0.25, 0.3) is 5.91 Å². The van der Waals surface area contributed by atoms with Crippen LogP contribution >= 0.6 is 0 Å². The summed E-state index contributed by atoms with van der Waals surface area (Å²) in [6.45, 7) is 2.49. The first-order valence-electron chi connectivity index (χ1n) is 12.1. The second-order valence-electron chi connectivity index (χ2n) is 9.18. The molecular weight excluding hydrogens is 440 g/mol. The van der Waals surface area contributed by atoms with E-state index in [0.717, 1.165) is 28.9 Å². The third-order valence-electron chi connectivity index (χ3n) is 7.22. The number of rotatable bonds is 6. The molecule has 1 unspecified atom stereocenters. The summed E-state index contributed by atoms with van der Waals surface area (Å²) < 4.78 is 4.20. The van der Waals surface area contributed by atoms with Crippen molar-refractivity contribution in [2.75, 3.05) is 25.0 Å². The van der Waals surface area contributed by atoms with Gasteiger partial charge in [0.05, 0.1) is 23.3 Å². The van der Waals surface area contributed by atoms with E-state index in [9.17, 15) is 9.59 Å². The molecule has 8 heteroatoms. The fourth-order valence-corrected chi connectivity index (χ4v) is 5.59. The van der Waals surface area contributed by atoms with Crippen molar-refractivity contribution in [2.45, 2.75) is 32.1 Å². The molecule has 0 saturated carbocycles. The monoisotopic (exact) mass is 468 g/mol. The number of carbonyl (C=O) groups excluding carboxylic acids is 2. The Morgan fingerprint density at radius 1 is 1.11 bits per heavy atom. The van der Waals surface area contributed by atoms with E-state index in [2.05, 4.69) is 45.0 Å². The Morgan fingerprint density at radius 3 is 2.80 bits per heavy atom.